The molecule has 16 heavy (non-hydrogen) atoms. The highest BCUT2D eigenvalue weighted by Gasteiger charge is 2.24. The minimum Gasteiger partial charge on any atom is -0.481 e. The van der Waals surface area contributed by atoms with Crippen LogP contribution in [0, 0.1) is 5.92 Å². The van der Waals surface area contributed by atoms with Crippen LogP contribution in [0.4, 0.5) is 5.82 Å². The van der Waals surface area contributed by atoms with Crippen LogP contribution in [0.1, 0.15) is 13.3 Å². The Bertz CT molecular complexity index is 358. The van der Waals surface area contributed by atoms with E-state index in [-0.39, 0.29) is 6.04 Å². The highest BCUT2D eigenvalue weighted by atomic mass is 16.5. The monoisotopic (exact) mass is 222 g/mol. The lowest BCUT2D eigenvalue weighted by atomic mass is 9.94. The van der Waals surface area contributed by atoms with Gasteiger partial charge in [-0.1, -0.05) is 6.92 Å². The van der Waals surface area contributed by atoms with Crippen molar-refractivity contribution >= 4 is 5.82 Å². The van der Waals surface area contributed by atoms with E-state index in [0.717, 1.165) is 25.3 Å². The van der Waals surface area contributed by atoms with E-state index in [9.17, 15) is 0 Å². The Morgan fingerprint density at radius 2 is 2.31 bits per heavy atom. The van der Waals surface area contributed by atoms with Crippen LogP contribution >= 0.6 is 0 Å². The molecule has 0 aliphatic carbocycles. The van der Waals surface area contributed by atoms with Gasteiger partial charge in [0, 0.05) is 25.2 Å². The maximum atomic E-state index is 6.06. The van der Waals surface area contributed by atoms with Crippen molar-refractivity contribution in [1.29, 1.82) is 0 Å². The van der Waals surface area contributed by atoms with Crippen LogP contribution in [0.5, 0.6) is 5.88 Å². The van der Waals surface area contributed by atoms with Crippen molar-refractivity contribution in [2.75, 3.05) is 25.1 Å². The van der Waals surface area contributed by atoms with Gasteiger partial charge in [0.05, 0.1) is 7.11 Å². The van der Waals surface area contributed by atoms with Crippen LogP contribution in [0.2, 0.25) is 0 Å². The summed E-state index contributed by atoms with van der Waals surface area (Å²) in [5, 5.41) is 0. The third-order valence-electron chi connectivity index (χ3n) is 3.18. The number of ether oxygens (including phenoxy) is 1. The van der Waals surface area contributed by atoms with Crippen molar-refractivity contribution < 1.29 is 4.74 Å². The molecule has 5 heteroatoms. The molecule has 0 spiro atoms. The Morgan fingerprint density at radius 3 is 3.00 bits per heavy atom. The Kier molecular flexibility index (Phi) is 3.24. The minimum atomic E-state index is 0.217. The van der Waals surface area contributed by atoms with Crippen LogP contribution in [-0.4, -0.2) is 36.2 Å². The number of rotatable bonds is 2. The third kappa shape index (κ3) is 2.24. The molecule has 0 bridgehead atoms. The van der Waals surface area contributed by atoms with Crippen molar-refractivity contribution in [1.82, 2.24) is 9.97 Å². The molecular formula is C11H18N4O. The minimum absolute atomic E-state index is 0.217. The van der Waals surface area contributed by atoms with Crippen molar-refractivity contribution in [3.8, 4) is 5.88 Å². The second kappa shape index (κ2) is 4.65. The van der Waals surface area contributed by atoms with E-state index in [1.54, 1.807) is 7.11 Å². The van der Waals surface area contributed by atoms with E-state index in [4.69, 9.17) is 10.5 Å². The summed E-state index contributed by atoms with van der Waals surface area (Å²) >= 11 is 0. The number of aromatic nitrogens is 2. The molecule has 2 heterocycles. The molecule has 2 rings (SSSR count). The number of methoxy groups -OCH3 is 1. The molecule has 2 unspecified atom stereocenters. The third-order valence-corrected chi connectivity index (χ3v) is 3.18. The molecule has 1 aliphatic heterocycles. The number of hydrogen-bond donors (Lipinski definition) is 1. The first kappa shape index (κ1) is 11.1. The van der Waals surface area contributed by atoms with Crippen molar-refractivity contribution in [2.24, 2.45) is 11.7 Å². The number of anilines is 1. The van der Waals surface area contributed by atoms with E-state index >= 15 is 0 Å². The Morgan fingerprint density at radius 1 is 1.50 bits per heavy atom. The molecule has 0 saturated carbocycles. The van der Waals surface area contributed by atoms with E-state index in [1.165, 1.54) is 6.33 Å². The van der Waals surface area contributed by atoms with Gasteiger partial charge in [-0.15, -0.1) is 0 Å². The van der Waals surface area contributed by atoms with Gasteiger partial charge in [0.25, 0.3) is 0 Å². The fourth-order valence-corrected chi connectivity index (χ4v) is 1.92. The van der Waals surface area contributed by atoms with Gasteiger partial charge in [-0.2, -0.15) is 0 Å². The van der Waals surface area contributed by atoms with E-state index in [0.29, 0.717) is 11.8 Å². The number of nitrogens with zero attached hydrogens (tertiary/aromatic N) is 3. The SMILES string of the molecule is COc1cc(N2CCC(C)C(N)C2)ncn1. The van der Waals surface area contributed by atoms with Gasteiger partial charge >= 0.3 is 0 Å². The predicted octanol–water partition coefficient (Wildman–Crippen LogP) is 0.659. The smallest absolute Gasteiger partial charge is 0.218 e. The summed E-state index contributed by atoms with van der Waals surface area (Å²) in [6, 6.07) is 2.07. The zero-order valence-electron chi connectivity index (χ0n) is 9.76. The first-order valence-corrected chi connectivity index (χ1v) is 5.57. The van der Waals surface area contributed by atoms with Crippen molar-refractivity contribution in [3.05, 3.63) is 12.4 Å². The fourth-order valence-electron chi connectivity index (χ4n) is 1.92. The Hall–Kier alpha value is -1.36. The predicted molar refractivity (Wildman–Crippen MR) is 62.6 cm³/mol. The van der Waals surface area contributed by atoms with Crippen LogP contribution in [0.3, 0.4) is 0 Å². The Labute approximate surface area is 95.6 Å². The molecule has 1 saturated heterocycles. The highest BCUT2D eigenvalue weighted by Crippen LogP contribution is 2.22. The fraction of sp³-hybridized carbons (Fsp3) is 0.636. The zero-order chi connectivity index (χ0) is 11.5. The highest BCUT2D eigenvalue weighted by molar-refractivity contribution is 5.41. The van der Waals surface area contributed by atoms with E-state index in [1.807, 2.05) is 6.07 Å². The molecule has 1 aliphatic rings. The van der Waals surface area contributed by atoms with Crippen LogP contribution in [0.25, 0.3) is 0 Å². The molecule has 5 nitrogen and oxygen atoms in total. The number of hydrogen-bond acceptors (Lipinski definition) is 5. The van der Waals surface area contributed by atoms with Gasteiger partial charge < -0.3 is 15.4 Å². The lowest BCUT2D eigenvalue weighted by molar-refractivity contribution is 0.375. The standard InChI is InChI=1S/C11H18N4O/c1-8-3-4-15(6-9(8)12)10-5-11(16-2)14-7-13-10/h5,7-9H,3-4,6,12H2,1-2H3. The quantitative estimate of drug-likeness (QED) is 0.796. The maximum absolute atomic E-state index is 6.06. The molecule has 2 atom stereocenters. The van der Waals surface area contributed by atoms with E-state index < -0.39 is 0 Å². The number of nitrogens with two attached hydrogens (primary N) is 1. The van der Waals surface area contributed by atoms with Gasteiger partial charge in [0.1, 0.15) is 12.1 Å². The van der Waals surface area contributed by atoms with Gasteiger partial charge in [-0.25, -0.2) is 9.97 Å². The summed E-state index contributed by atoms with van der Waals surface area (Å²) in [5.41, 5.74) is 6.06. The summed E-state index contributed by atoms with van der Waals surface area (Å²) in [4.78, 5) is 10.4. The topological polar surface area (TPSA) is 64.3 Å². The van der Waals surface area contributed by atoms with Gasteiger partial charge in [0.2, 0.25) is 5.88 Å². The average Bonchev–Trinajstić information content (AvgIpc) is 2.33. The molecular weight excluding hydrogens is 204 g/mol. The van der Waals surface area contributed by atoms with Crippen LogP contribution in [0.15, 0.2) is 12.4 Å². The lowest BCUT2D eigenvalue weighted by Gasteiger charge is -2.35. The Balaban J connectivity index is 2.12. The van der Waals surface area contributed by atoms with Gasteiger partial charge in [0.15, 0.2) is 0 Å². The molecule has 0 radical (unpaired) electrons. The first-order valence-electron chi connectivity index (χ1n) is 5.57. The molecule has 2 N–H and O–H groups in total. The maximum Gasteiger partial charge on any atom is 0.218 e. The summed E-state index contributed by atoms with van der Waals surface area (Å²) in [6.45, 7) is 4.04. The summed E-state index contributed by atoms with van der Waals surface area (Å²) in [7, 11) is 1.61. The largest absolute Gasteiger partial charge is 0.481 e. The average molecular weight is 222 g/mol. The van der Waals surface area contributed by atoms with Crippen molar-refractivity contribution in [2.45, 2.75) is 19.4 Å². The van der Waals surface area contributed by atoms with E-state index in [2.05, 4.69) is 21.8 Å². The normalized spacial score (nSPS) is 25.6. The second-order valence-corrected chi connectivity index (χ2v) is 4.29. The molecule has 1 aromatic heterocycles. The molecule has 1 fully saturated rings. The molecule has 88 valence electrons. The molecule has 0 amide bonds. The number of piperidine rings is 1. The van der Waals surface area contributed by atoms with Crippen LogP contribution < -0.4 is 15.4 Å². The van der Waals surface area contributed by atoms with Crippen LogP contribution in [-0.2, 0) is 0 Å². The lowest BCUT2D eigenvalue weighted by Crippen LogP contribution is -2.47. The van der Waals surface area contributed by atoms with Gasteiger partial charge in [-0.3, -0.25) is 0 Å². The summed E-state index contributed by atoms with van der Waals surface area (Å²) < 4.78 is 5.08. The zero-order valence-corrected chi connectivity index (χ0v) is 9.76. The summed E-state index contributed by atoms with van der Waals surface area (Å²) in [5.74, 6) is 2.08. The van der Waals surface area contributed by atoms with Gasteiger partial charge in [-0.05, 0) is 12.3 Å². The first-order chi connectivity index (χ1) is 7.70. The molecule has 0 aromatic carbocycles. The molecule has 1 aromatic rings. The summed E-state index contributed by atoms with van der Waals surface area (Å²) in [6.07, 6.45) is 2.63. The second-order valence-electron chi connectivity index (χ2n) is 4.29. The van der Waals surface area contributed by atoms with Crippen molar-refractivity contribution in [3.63, 3.8) is 0 Å².